The third-order valence-electron chi connectivity index (χ3n) is 3.59. The van der Waals surface area contributed by atoms with Gasteiger partial charge in [-0.2, -0.15) is 0 Å². The Morgan fingerprint density at radius 3 is 1.48 bits per heavy atom. The van der Waals surface area contributed by atoms with E-state index in [1.54, 1.807) is 0 Å². The quantitative estimate of drug-likeness (QED) is 0.636. The van der Waals surface area contributed by atoms with Gasteiger partial charge < -0.3 is 20.4 Å². The van der Waals surface area contributed by atoms with Gasteiger partial charge in [0.25, 0.3) is 0 Å². The molecule has 112 valence electrons. The Balaban J connectivity index is 2.37. The highest BCUT2D eigenvalue weighted by Crippen LogP contribution is 2.30. The lowest BCUT2D eigenvalue weighted by atomic mass is 9.83. The van der Waals surface area contributed by atoms with E-state index in [1.165, 1.54) is 0 Å². The van der Waals surface area contributed by atoms with Crippen LogP contribution in [0.2, 0.25) is 0 Å². The summed E-state index contributed by atoms with van der Waals surface area (Å²) in [7, 11) is 0. The predicted molar refractivity (Wildman–Crippen MR) is 79.8 cm³/mol. The van der Waals surface area contributed by atoms with Crippen molar-refractivity contribution >= 4 is 0 Å². The molecule has 21 heavy (non-hydrogen) atoms. The molecule has 2 aromatic carbocycles. The van der Waals surface area contributed by atoms with Gasteiger partial charge in [0, 0.05) is 5.92 Å². The van der Waals surface area contributed by atoms with Gasteiger partial charge >= 0.3 is 0 Å². The first-order valence-electron chi connectivity index (χ1n) is 6.90. The summed E-state index contributed by atoms with van der Waals surface area (Å²) in [5.41, 5.74) is 1.67. The largest absolute Gasteiger partial charge is 0.394 e. The van der Waals surface area contributed by atoms with Crippen LogP contribution in [0.15, 0.2) is 60.7 Å². The van der Waals surface area contributed by atoms with Crippen LogP contribution in [0.1, 0.15) is 17.0 Å². The zero-order valence-electron chi connectivity index (χ0n) is 11.6. The second-order valence-electron chi connectivity index (χ2n) is 5.03. The standard InChI is InChI=1S/C17H20O4/c18-11-14(19)16(20)17(21)15(12-7-3-1-4-8-12)13-9-5-2-6-10-13/h1-10,14-21H,11H2/t14-,16-,17+/m1/s1. The smallest absolute Gasteiger partial charge is 0.109 e. The molecule has 0 aromatic heterocycles. The number of benzene rings is 2. The fourth-order valence-electron chi connectivity index (χ4n) is 2.44. The fraction of sp³-hybridized carbons (Fsp3) is 0.294. The molecule has 0 heterocycles. The molecule has 4 heteroatoms. The summed E-state index contributed by atoms with van der Waals surface area (Å²) in [4.78, 5) is 0. The van der Waals surface area contributed by atoms with Crippen molar-refractivity contribution in [2.45, 2.75) is 24.2 Å². The van der Waals surface area contributed by atoms with Gasteiger partial charge in [0.1, 0.15) is 12.2 Å². The Morgan fingerprint density at radius 1 is 0.667 bits per heavy atom. The Kier molecular flexibility index (Phi) is 5.47. The minimum absolute atomic E-state index is 0.483. The summed E-state index contributed by atoms with van der Waals surface area (Å²) < 4.78 is 0. The number of rotatable bonds is 6. The van der Waals surface area contributed by atoms with Crippen molar-refractivity contribution in [1.29, 1.82) is 0 Å². The Labute approximate surface area is 123 Å². The van der Waals surface area contributed by atoms with Crippen molar-refractivity contribution in [3.63, 3.8) is 0 Å². The van der Waals surface area contributed by atoms with Gasteiger partial charge in [0.15, 0.2) is 0 Å². The van der Waals surface area contributed by atoms with E-state index in [0.29, 0.717) is 0 Å². The van der Waals surface area contributed by atoms with Crippen LogP contribution in [0.4, 0.5) is 0 Å². The van der Waals surface area contributed by atoms with Gasteiger partial charge in [-0.1, -0.05) is 60.7 Å². The fourth-order valence-corrected chi connectivity index (χ4v) is 2.44. The van der Waals surface area contributed by atoms with E-state index in [0.717, 1.165) is 11.1 Å². The van der Waals surface area contributed by atoms with Crippen LogP contribution < -0.4 is 0 Å². The van der Waals surface area contributed by atoms with Crippen LogP contribution in [0, 0.1) is 0 Å². The average Bonchev–Trinajstić information content (AvgIpc) is 2.55. The third-order valence-corrected chi connectivity index (χ3v) is 3.59. The highest BCUT2D eigenvalue weighted by atomic mass is 16.4. The molecule has 0 bridgehead atoms. The highest BCUT2D eigenvalue weighted by Gasteiger charge is 2.32. The Hall–Kier alpha value is -1.72. The summed E-state index contributed by atoms with van der Waals surface area (Å²) in [5.74, 6) is -0.483. The number of hydrogen-bond donors (Lipinski definition) is 4. The Bertz CT molecular complexity index is 490. The SMILES string of the molecule is OC[C@@H](O)[C@@H](O)[C@@H](O)C(c1ccccc1)c1ccccc1. The third kappa shape index (κ3) is 3.68. The molecule has 0 radical (unpaired) electrons. The van der Waals surface area contributed by atoms with E-state index in [4.69, 9.17) is 5.11 Å². The molecule has 4 N–H and O–H groups in total. The lowest BCUT2D eigenvalue weighted by Crippen LogP contribution is -2.43. The zero-order chi connectivity index (χ0) is 15.2. The summed E-state index contributed by atoms with van der Waals surface area (Å²) in [6, 6.07) is 18.6. The zero-order valence-corrected chi connectivity index (χ0v) is 11.6. The molecule has 0 saturated heterocycles. The average molecular weight is 288 g/mol. The van der Waals surface area contributed by atoms with E-state index in [-0.39, 0.29) is 0 Å². The van der Waals surface area contributed by atoms with Gasteiger partial charge in [-0.3, -0.25) is 0 Å². The monoisotopic (exact) mass is 288 g/mol. The molecule has 0 unspecified atom stereocenters. The number of hydrogen-bond acceptors (Lipinski definition) is 4. The molecule has 0 aliphatic heterocycles. The maximum absolute atomic E-state index is 10.5. The molecule has 0 fully saturated rings. The van der Waals surface area contributed by atoms with E-state index >= 15 is 0 Å². The maximum atomic E-state index is 10.5. The van der Waals surface area contributed by atoms with Crippen LogP contribution in [0.3, 0.4) is 0 Å². The Morgan fingerprint density at radius 2 is 1.10 bits per heavy atom. The minimum Gasteiger partial charge on any atom is -0.394 e. The first kappa shape index (κ1) is 15.7. The van der Waals surface area contributed by atoms with Gasteiger partial charge in [0.2, 0.25) is 0 Å². The van der Waals surface area contributed by atoms with Crippen molar-refractivity contribution in [2.75, 3.05) is 6.61 Å². The molecule has 0 amide bonds. The molecule has 4 nitrogen and oxygen atoms in total. The second kappa shape index (κ2) is 7.33. The van der Waals surface area contributed by atoms with E-state index in [2.05, 4.69) is 0 Å². The van der Waals surface area contributed by atoms with Crippen LogP contribution in [0.5, 0.6) is 0 Å². The van der Waals surface area contributed by atoms with Crippen molar-refractivity contribution in [3.8, 4) is 0 Å². The lowest BCUT2D eigenvalue weighted by Gasteiger charge is -2.29. The summed E-state index contributed by atoms with van der Waals surface area (Å²) in [6.45, 7) is -0.603. The number of aliphatic hydroxyl groups is 4. The van der Waals surface area contributed by atoms with Gasteiger partial charge in [-0.15, -0.1) is 0 Å². The van der Waals surface area contributed by atoms with Crippen molar-refractivity contribution < 1.29 is 20.4 Å². The summed E-state index contributed by atoms with van der Waals surface area (Å²) in [5, 5.41) is 39.0. The molecule has 0 spiro atoms. The molecule has 2 aromatic rings. The molecular formula is C17H20O4. The highest BCUT2D eigenvalue weighted by molar-refractivity contribution is 5.34. The van der Waals surface area contributed by atoms with E-state index in [9.17, 15) is 15.3 Å². The van der Waals surface area contributed by atoms with Crippen molar-refractivity contribution in [2.24, 2.45) is 0 Å². The van der Waals surface area contributed by atoms with Crippen LogP contribution >= 0.6 is 0 Å². The van der Waals surface area contributed by atoms with E-state index < -0.39 is 30.8 Å². The first-order valence-corrected chi connectivity index (χ1v) is 6.90. The minimum atomic E-state index is -1.43. The molecule has 2 rings (SSSR count). The first-order chi connectivity index (χ1) is 10.1. The van der Waals surface area contributed by atoms with Gasteiger partial charge in [0.05, 0.1) is 12.7 Å². The topological polar surface area (TPSA) is 80.9 Å². The lowest BCUT2D eigenvalue weighted by molar-refractivity contribution is -0.0806. The van der Waals surface area contributed by atoms with Crippen LogP contribution in [0.25, 0.3) is 0 Å². The van der Waals surface area contributed by atoms with E-state index in [1.807, 2.05) is 60.7 Å². The van der Waals surface area contributed by atoms with Gasteiger partial charge in [-0.25, -0.2) is 0 Å². The molecule has 0 saturated carbocycles. The van der Waals surface area contributed by atoms with Crippen molar-refractivity contribution in [3.05, 3.63) is 71.8 Å². The number of aliphatic hydroxyl groups excluding tert-OH is 4. The summed E-state index contributed by atoms with van der Waals surface area (Å²) >= 11 is 0. The maximum Gasteiger partial charge on any atom is 0.109 e. The summed E-state index contributed by atoms with van der Waals surface area (Å²) in [6.07, 6.45) is -4.03. The normalized spacial score (nSPS) is 15.7. The van der Waals surface area contributed by atoms with Gasteiger partial charge in [-0.05, 0) is 11.1 Å². The molecule has 0 aliphatic rings. The van der Waals surface area contributed by atoms with Crippen LogP contribution in [-0.4, -0.2) is 45.3 Å². The predicted octanol–water partition coefficient (Wildman–Crippen LogP) is 0.893. The molecular weight excluding hydrogens is 268 g/mol. The molecule has 3 atom stereocenters. The second-order valence-corrected chi connectivity index (χ2v) is 5.03. The molecule has 0 aliphatic carbocycles. The van der Waals surface area contributed by atoms with Crippen molar-refractivity contribution in [1.82, 2.24) is 0 Å². The van der Waals surface area contributed by atoms with Crippen LogP contribution in [-0.2, 0) is 0 Å².